The zero-order valence-corrected chi connectivity index (χ0v) is 11.6. The predicted molar refractivity (Wildman–Crippen MR) is 77.0 cm³/mol. The Morgan fingerprint density at radius 2 is 2.00 bits per heavy atom. The molecule has 1 N–H and O–H groups in total. The molecule has 0 saturated heterocycles. The van der Waals surface area contributed by atoms with E-state index >= 15 is 0 Å². The molecule has 0 aliphatic rings. The minimum absolute atomic E-state index is 0.767. The lowest BCUT2D eigenvalue weighted by molar-refractivity contribution is 0.395. The SMILES string of the molecule is CCn1cccc1CNc1ccc(OC)cc1OC. The summed E-state index contributed by atoms with van der Waals surface area (Å²) in [5.41, 5.74) is 2.22. The molecule has 0 spiro atoms. The standard InChI is InChI=1S/C15H20N2O2/c1-4-17-9-5-6-12(17)11-16-14-8-7-13(18-2)10-15(14)19-3/h5-10,16H,4,11H2,1-3H3. The van der Waals surface area contributed by atoms with Crippen molar-refractivity contribution in [2.24, 2.45) is 0 Å². The van der Waals surface area contributed by atoms with E-state index in [0.29, 0.717) is 0 Å². The van der Waals surface area contributed by atoms with Gasteiger partial charge in [-0.05, 0) is 31.2 Å². The lowest BCUT2D eigenvalue weighted by Crippen LogP contribution is -2.06. The van der Waals surface area contributed by atoms with Crippen LogP contribution in [0.3, 0.4) is 0 Å². The summed E-state index contributed by atoms with van der Waals surface area (Å²) in [6.07, 6.45) is 2.09. The normalized spacial score (nSPS) is 10.3. The smallest absolute Gasteiger partial charge is 0.145 e. The summed E-state index contributed by atoms with van der Waals surface area (Å²) >= 11 is 0. The lowest BCUT2D eigenvalue weighted by Gasteiger charge is -2.13. The van der Waals surface area contributed by atoms with Crippen molar-refractivity contribution in [3.05, 3.63) is 42.2 Å². The third-order valence-electron chi connectivity index (χ3n) is 3.13. The number of aromatic nitrogens is 1. The van der Waals surface area contributed by atoms with E-state index in [1.54, 1.807) is 14.2 Å². The van der Waals surface area contributed by atoms with Crippen LogP contribution >= 0.6 is 0 Å². The number of ether oxygens (including phenoxy) is 2. The van der Waals surface area contributed by atoms with Gasteiger partial charge in [0.05, 0.1) is 26.5 Å². The van der Waals surface area contributed by atoms with Crippen molar-refractivity contribution in [2.75, 3.05) is 19.5 Å². The summed E-state index contributed by atoms with van der Waals surface area (Å²) < 4.78 is 12.8. The molecule has 2 aromatic rings. The minimum atomic E-state index is 0.767. The first-order chi connectivity index (χ1) is 9.28. The van der Waals surface area contributed by atoms with Gasteiger partial charge >= 0.3 is 0 Å². The van der Waals surface area contributed by atoms with E-state index in [-0.39, 0.29) is 0 Å². The third kappa shape index (κ3) is 3.02. The van der Waals surface area contributed by atoms with Crippen molar-refractivity contribution in [1.82, 2.24) is 4.57 Å². The fourth-order valence-electron chi connectivity index (χ4n) is 2.05. The van der Waals surface area contributed by atoms with Gasteiger partial charge in [0.1, 0.15) is 11.5 Å². The number of rotatable bonds is 6. The highest BCUT2D eigenvalue weighted by atomic mass is 16.5. The number of anilines is 1. The average molecular weight is 260 g/mol. The molecule has 0 radical (unpaired) electrons. The largest absolute Gasteiger partial charge is 0.497 e. The number of nitrogens with one attached hydrogen (secondary N) is 1. The molecule has 1 aromatic heterocycles. The van der Waals surface area contributed by atoms with Crippen molar-refractivity contribution in [1.29, 1.82) is 0 Å². The Bertz CT molecular complexity index is 535. The van der Waals surface area contributed by atoms with E-state index in [4.69, 9.17) is 9.47 Å². The highest BCUT2D eigenvalue weighted by Gasteiger charge is 2.05. The molecule has 4 heteroatoms. The Morgan fingerprint density at radius 1 is 1.16 bits per heavy atom. The first-order valence-electron chi connectivity index (χ1n) is 6.38. The monoisotopic (exact) mass is 260 g/mol. The Kier molecular flexibility index (Phi) is 4.34. The van der Waals surface area contributed by atoms with Crippen LogP contribution in [0.4, 0.5) is 5.69 Å². The van der Waals surface area contributed by atoms with Crippen molar-refractivity contribution < 1.29 is 9.47 Å². The van der Waals surface area contributed by atoms with E-state index in [0.717, 1.165) is 30.3 Å². The van der Waals surface area contributed by atoms with Gasteiger partial charge in [-0.15, -0.1) is 0 Å². The molecule has 0 aliphatic carbocycles. The van der Waals surface area contributed by atoms with Gasteiger partial charge < -0.3 is 19.4 Å². The van der Waals surface area contributed by atoms with Crippen molar-refractivity contribution >= 4 is 5.69 Å². The van der Waals surface area contributed by atoms with E-state index in [2.05, 4.69) is 35.1 Å². The second kappa shape index (κ2) is 6.18. The molecule has 0 fully saturated rings. The molecule has 1 aromatic carbocycles. The molecule has 102 valence electrons. The summed E-state index contributed by atoms with van der Waals surface area (Å²) in [6.45, 7) is 3.88. The van der Waals surface area contributed by atoms with E-state index < -0.39 is 0 Å². The zero-order chi connectivity index (χ0) is 13.7. The Balaban J connectivity index is 2.11. The maximum absolute atomic E-state index is 5.36. The fourth-order valence-corrected chi connectivity index (χ4v) is 2.05. The van der Waals surface area contributed by atoms with Crippen LogP contribution in [0.15, 0.2) is 36.5 Å². The highest BCUT2D eigenvalue weighted by molar-refractivity contribution is 5.59. The summed E-state index contributed by atoms with van der Waals surface area (Å²) in [5, 5.41) is 3.39. The number of nitrogens with zero attached hydrogens (tertiary/aromatic N) is 1. The zero-order valence-electron chi connectivity index (χ0n) is 11.6. The van der Waals surface area contributed by atoms with Crippen molar-refractivity contribution in [3.63, 3.8) is 0 Å². The molecule has 4 nitrogen and oxygen atoms in total. The molecule has 2 rings (SSSR count). The summed E-state index contributed by atoms with van der Waals surface area (Å²) in [4.78, 5) is 0. The fraction of sp³-hybridized carbons (Fsp3) is 0.333. The molecule has 0 aliphatic heterocycles. The van der Waals surface area contributed by atoms with Crippen LogP contribution < -0.4 is 14.8 Å². The first-order valence-corrected chi connectivity index (χ1v) is 6.38. The van der Waals surface area contributed by atoms with Crippen LogP contribution in [0.25, 0.3) is 0 Å². The number of hydrogen-bond donors (Lipinski definition) is 1. The number of benzene rings is 1. The summed E-state index contributed by atoms with van der Waals surface area (Å²) in [5.74, 6) is 1.58. The van der Waals surface area contributed by atoms with Gasteiger partial charge in [-0.25, -0.2) is 0 Å². The molecule has 0 atom stereocenters. The van der Waals surface area contributed by atoms with Crippen LogP contribution in [0.1, 0.15) is 12.6 Å². The van der Waals surface area contributed by atoms with Gasteiger partial charge in [0.2, 0.25) is 0 Å². The number of methoxy groups -OCH3 is 2. The molecule has 0 saturated carbocycles. The van der Waals surface area contributed by atoms with Gasteiger partial charge in [-0.1, -0.05) is 0 Å². The van der Waals surface area contributed by atoms with Gasteiger partial charge in [-0.2, -0.15) is 0 Å². The summed E-state index contributed by atoms with van der Waals surface area (Å²) in [6, 6.07) is 9.94. The van der Waals surface area contributed by atoms with Gasteiger partial charge in [0, 0.05) is 24.5 Å². The molecule has 19 heavy (non-hydrogen) atoms. The van der Waals surface area contributed by atoms with Gasteiger partial charge in [0.25, 0.3) is 0 Å². The first kappa shape index (κ1) is 13.3. The van der Waals surface area contributed by atoms with Crippen LogP contribution in [-0.2, 0) is 13.1 Å². The van der Waals surface area contributed by atoms with Gasteiger partial charge in [-0.3, -0.25) is 0 Å². The van der Waals surface area contributed by atoms with Crippen molar-refractivity contribution in [2.45, 2.75) is 20.0 Å². The van der Waals surface area contributed by atoms with Crippen LogP contribution in [0, 0.1) is 0 Å². The van der Waals surface area contributed by atoms with Gasteiger partial charge in [0.15, 0.2) is 0 Å². The number of hydrogen-bond acceptors (Lipinski definition) is 3. The number of aryl methyl sites for hydroxylation is 1. The maximum atomic E-state index is 5.36. The molecular weight excluding hydrogens is 240 g/mol. The van der Waals surface area contributed by atoms with E-state index in [9.17, 15) is 0 Å². The Morgan fingerprint density at radius 3 is 2.68 bits per heavy atom. The second-order valence-electron chi connectivity index (χ2n) is 4.21. The molecule has 0 amide bonds. The Hall–Kier alpha value is -2.10. The molecule has 0 bridgehead atoms. The molecule has 0 unspecified atom stereocenters. The Labute approximate surface area is 114 Å². The quantitative estimate of drug-likeness (QED) is 0.866. The summed E-state index contributed by atoms with van der Waals surface area (Å²) in [7, 11) is 3.31. The highest BCUT2D eigenvalue weighted by Crippen LogP contribution is 2.29. The van der Waals surface area contributed by atoms with E-state index in [1.807, 2.05) is 18.2 Å². The van der Waals surface area contributed by atoms with Crippen molar-refractivity contribution in [3.8, 4) is 11.5 Å². The minimum Gasteiger partial charge on any atom is -0.497 e. The van der Waals surface area contributed by atoms with Crippen LogP contribution in [-0.4, -0.2) is 18.8 Å². The maximum Gasteiger partial charge on any atom is 0.145 e. The second-order valence-corrected chi connectivity index (χ2v) is 4.21. The van der Waals surface area contributed by atoms with Crippen LogP contribution in [0.5, 0.6) is 11.5 Å². The third-order valence-corrected chi connectivity index (χ3v) is 3.13. The van der Waals surface area contributed by atoms with E-state index in [1.165, 1.54) is 5.69 Å². The lowest BCUT2D eigenvalue weighted by atomic mass is 10.2. The topological polar surface area (TPSA) is 35.4 Å². The molecular formula is C15H20N2O2. The predicted octanol–water partition coefficient (Wildman–Crippen LogP) is 3.14. The molecule has 1 heterocycles. The van der Waals surface area contributed by atoms with Crippen LogP contribution in [0.2, 0.25) is 0 Å². The average Bonchev–Trinajstić information content (AvgIpc) is 2.92.